The molecule has 1 aromatic carbocycles. The molecule has 0 bridgehead atoms. The molecule has 0 saturated heterocycles. The third-order valence-electron chi connectivity index (χ3n) is 4.00. The lowest BCUT2D eigenvalue weighted by Gasteiger charge is -2.20. The first-order valence-corrected chi connectivity index (χ1v) is 8.61. The molecule has 0 fully saturated rings. The molecule has 1 aromatic rings. The Balaban J connectivity index is 2.24. The van der Waals surface area contributed by atoms with E-state index < -0.39 is 9.84 Å². The van der Waals surface area contributed by atoms with E-state index in [2.05, 4.69) is 5.32 Å². The van der Waals surface area contributed by atoms with Crippen LogP contribution in [0, 0.1) is 5.92 Å². The monoisotopic (exact) mass is 281 g/mol. The van der Waals surface area contributed by atoms with Crippen LogP contribution in [0.25, 0.3) is 0 Å². The van der Waals surface area contributed by atoms with Gasteiger partial charge in [0.15, 0.2) is 9.84 Å². The summed E-state index contributed by atoms with van der Waals surface area (Å²) >= 11 is 0. The molecule has 0 saturated carbocycles. The van der Waals surface area contributed by atoms with Gasteiger partial charge in [0.25, 0.3) is 0 Å². The summed E-state index contributed by atoms with van der Waals surface area (Å²) in [5.74, 6) is 0.467. The van der Waals surface area contributed by atoms with Crippen molar-refractivity contribution >= 4 is 9.84 Å². The number of nitrogens with one attached hydrogen (secondary N) is 1. The van der Waals surface area contributed by atoms with Crippen molar-refractivity contribution in [3.63, 3.8) is 0 Å². The van der Waals surface area contributed by atoms with Crippen molar-refractivity contribution in [2.45, 2.75) is 44.0 Å². The molecule has 0 heterocycles. The molecule has 0 radical (unpaired) electrons. The molecule has 0 aliphatic heterocycles. The van der Waals surface area contributed by atoms with Gasteiger partial charge in [-0.25, -0.2) is 8.42 Å². The molecular weight excluding hydrogens is 258 g/mol. The van der Waals surface area contributed by atoms with E-state index in [0.717, 1.165) is 19.3 Å². The summed E-state index contributed by atoms with van der Waals surface area (Å²) in [6.45, 7) is 4.08. The highest BCUT2D eigenvalue weighted by atomic mass is 32.2. The van der Waals surface area contributed by atoms with Crippen LogP contribution in [0.1, 0.15) is 31.4 Å². The summed E-state index contributed by atoms with van der Waals surface area (Å²) in [5.41, 5.74) is 2.53. The molecule has 1 aliphatic rings. The van der Waals surface area contributed by atoms with Crippen molar-refractivity contribution in [1.29, 1.82) is 0 Å². The van der Waals surface area contributed by atoms with Crippen LogP contribution in [0.3, 0.4) is 0 Å². The molecule has 3 nitrogen and oxygen atoms in total. The molecule has 106 valence electrons. The largest absolute Gasteiger partial charge is 0.316 e. The average molecular weight is 281 g/mol. The van der Waals surface area contributed by atoms with Crippen LogP contribution in [-0.2, 0) is 22.7 Å². The van der Waals surface area contributed by atoms with Crippen molar-refractivity contribution < 1.29 is 8.42 Å². The summed E-state index contributed by atoms with van der Waals surface area (Å²) in [5, 5.41) is 3.10. The second kappa shape index (κ2) is 5.63. The minimum absolute atomic E-state index is 0.00162. The van der Waals surface area contributed by atoms with Gasteiger partial charge in [-0.15, -0.1) is 0 Å². The van der Waals surface area contributed by atoms with E-state index in [4.69, 9.17) is 0 Å². The Morgan fingerprint density at radius 2 is 1.89 bits per heavy atom. The Morgan fingerprint density at radius 3 is 2.53 bits per heavy atom. The van der Waals surface area contributed by atoms with Crippen molar-refractivity contribution in [3.05, 3.63) is 29.3 Å². The zero-order valence-corrected chi connectivity index (χ0v) is 12.8. The second-order valence-electron chi connectivity index (χ2n) is 5.70. The standard InChI is InChI=1S/C15H23NO2S/c1-11(2)15(16-3)10-19(17,18)14-8-7-12-5-4-6-13(12)9-14/h7-9,11,15-16H,4-6,10H2,1-3H3. The highest BCUT2D eigenvalue weighted by molar-refractivity contribution is 7.91. The van der Waals surface area contributed by atoms with Crippen molar-refractivity contribution in [3.8, 4) is 0 Å². The van der Waals surface area contributed by atoms with Gasteiger partial charge in [-0.05, 0) is 55.5 Å². The molecule has 1 N–H and O–H groups in total. The van der Waals surface area contributed by atoms with Crippen LogP contribution >= 0.6 is 0 Å². The number of benzene rings is 1. The normalized spacial score (nSPS) is 16.6. The molecule has 1 atom stereocenters. The van der Waals surface area contributed by atoms with E-state index >= 15 is 0 Å². The third kappa shape index (κ3) is 3.18. The van der Waals surface area contributed by atoms with E-state index in [0.29, 0.717) is 10.8 Å². The predicted octanol–water partition coefficient (Wildman–Crippen LogP) is 2.19. The molecule has 0 spiro atoms. The van der Waals surface area contributed by atoms with Crippen molar-refractivity contribution in [2.75, 3.05) is 12.8 Å². The van der Waals surface area contributed by atoms with Gasteiger partial charge in [0.2, 0.25) is 0 Å². The zero-order valence-electron chi connectivity index (χ0n) is 11.9. The van der Waals surface area contributed by atoms with Crippen LogP contribution < -0.4 is 5.32 Å². The van der Waals surface area contributed by atoms with Crippen LogP contribution in [0.5, 0.6) is 0 Å². The zero-order chi connectivity index (χ0) is 14.0. The summed E-state index contributed by atoms with van der Waals surface area (Å²) < 4.78 is 24.9. The predicted molar refractivity (Wildman–Crippen MR) is 78.2 cm³/mol. The molecule has 1 aliphatic carbocycles. The Morgan fingerprint density at radius 1 is 1.21 bits per heavy atom. The van der Waals surface area contributed by atoms with E-state index in [-0.39, 0.29) is 11.8 Å². The average Bonchev–Trinajstić information content (AvgIpc) is 2.82. The van der Waals surface area contributed by atoms with Gasteiger partial charge >= 0.3 is 0 Å². The van der Waals surface area contributed by atoms with Gasteiger partial charge in [-0.2, -0.15) is 0 Å². The first-order chi connectivity index (χ1) is 8.94. The number of hydrogen-bond acceptors (Lipinski definition) is 3. The molecule has 0 amide bonds. The first-order valence-electron chi connectivity index (χ1n) is 6.96. The number of rotatable bonds is 5. The Labute approximate surface area is 116 Å². The maximum absolute atomic E-state index is 12.5. The number of hydrogen-bond donors (Lipinski definition) is 1. The lowest BCUT2D eigenvalue weighted by atomic mass is 10.1. The van der Waals surface area contributed by atoms with E-state index in [9.17, 15) is 8.42 Å². The fraction of sp³-hybridized carbons (Fsp3) is 0.600. The molecule has 2 rings (SSSR count). The van der Waals surface area contributed by atoms with E-state index in [1.165, 1.54) is 11.1 Å². The van der Waals surface area contributed by atoms with Gasteiger partial charge in [0, 0.05) is 6.04 Å². The van der Waals surface area contributed by atoms with E-state index in [1.54, 1.807) is 6.07 Å². The number of sulfone groups is 1. The van der Waals surface area contributed by atoms with Gasteiger partial charge in [0.05, 0.1) is 10.6 Å². The van der Waals surface area contributed by atoms with E-state index in [1.807, 2.05) is 33.0 Å². The Kier molecular flexibility index (Phi) is 4.31. The highest BCUT2D eigenvalue weighted by Gasteiger charge is 2.23. The van der Waals surface area contributed by atoms with Crippen LogP contribution in [-0.4, -0.2) is 27.3 Å². The molecule has 1 unspecified atom stereocenters. The van der Waals surface area contributed by atoms with Crippen LogP contribution in [0.2, 0.25) is 0 Å². The maximum Gasteiger partial charge on any atom is 0.179 e. The Bertz CT molecular complexity index is 549. The minimum Gasteiger partial charge on any atom is -0.316 e. The molecule has 19 heavy (non-hydrogen) atoms. The summed E-state index contributed by atoms with van der Waals surface area (Å²) in [4.78, 5) is 0.481. The van der Waals surface area contributed by atoms with Crippen molar-refractivity contribution in [2.24, 2.45) is 5.92 Å². The third-order valence-corrected chi connectivity index (χ3v) is 5.77. The van der Waals surface area contributed by atoms with Crippen LogP contribution in [0.15, 0.2) is 23.1 Å². The van der Waals surface area contributed by atoms with Gasteiger partial charge in [-0.3, -0.25) is 0 Å². The summed E-state index contributed by atoms with van der Waals surface area (Å²) in [6.07, 6.45) is 3.24. The topological polar surface area (TPSA) is 46.2 Å². The van der Waals surface area contributed by atoms with Crippen LogP contribution in [0.4, 0.5) is 0 Å². The SMILES string of the molecule is CNC(CS(=O)(=O)c1ccc2c(c1)CCC2)C(C)C. The summed E-state index contributed by atoms with van der Waals surface area (Å²) in [6, 6.07) is 5.63. The number of aryl methyl sites for hydroxylation is 2. The highest BCUT2D eigenvalue weighted by Crippen LogP contribution is 2.25. The van der Waals surface area contributed by atoms with Crippen molar-refractivity contribution in [1.82, 2.24) is 5.32 Å². The first kappa shape index (κ1) is 14.5. The molecule has 0 aromatic heterocycles. The van der Waals surface area contributed by atoms with Gasteiger partial charge in [-0.1, -0.05) is 19.9 Å². The number of fused-ring (bicyclic) bond motifs is 1. The lowest BCUT2D eigenvalue weighted by Crippen LogP contribution is -2.37. The lowest BCUT2D eigenvalue weighted by molar-refractivity contribution is 0.455. The fourth-order valence-electron chi connectivity index (χ4n) is 2.68. The summed E-state index contributed by atoms with van der Waals surface area (Å²) in [7, 11) is -1.38. The Hall–Kier alpha value is -0.870. The van der Waals surface area contributed by atoms with Gasteiger partial charge in [0.1, 0.15) is 0 Å². The quantitative estimate of drug-likeness (QED) is 0.900. The maximum atomic E-state index is 12.5. The fourth-order valence-corrected chi connectivity index (χ4v) is 4.50. The smallest absolute Gasteiger partial charge is 0.179 e. The molecule has 4 heteroatoms. The van der Waals surface area contributed by atoms with Gasteiger partial charge < -0.3 is 5.32 Å². The minimum atomic E-state index is -3.20. The molecular formula is C15H23NO2S. The second-order valence-corrected chi connectivity index (χ2v) is 7.74.